The van der Waals surface area contributed by atoms with E-state index in [0.29, 0.717) is 11.6 Å². The number of likely N-dealkylation sites (tertiary alicyclic amines) is 1. The van der Waals surface area contributed by atoms with Crippen LogP contribution in [-0.2, 0) is 4.74 Å². The maximum absolute atomic E-state index is 8.84. The third-order valence-corrected chi connectivity index (χ3v) is 4.19. The highest BCUT2D eigenvalue weighted by Crippen LogP contribution is 2.20. The molecule has 0 bridgehead atoms. The van der Waals surface area contributed by atoms with Crippen molar-refractivity contribution < 1.29 is 4.74 Å². The van der Waals surface area contributed by atoms with Gasteiger partial charge in [-0.25, -0.2) is 0 Å². The summed E-state index contributed by atoms with van der Waals surface area (Å²) in [6.07, 6.45) is 4.63. The molecule has 108 valence electrons. The summed E-state index contributed by atoms with van der Waals surface area (Å²) in [5.74, 6) is 0. The zero-order chi connectivity index (χ0) is 13.8. The Labute approximate surface area is 119 Å². The molecule has 1 atom stereocenters. The van der Waals surface area contributed by atoms with Gasteiger partial charge in [0.1, 0.15) is 6.07 Å². The molecular formula is C14H21N5O. The van der Waals surface area contributed by atoms with E-state index in [0.717, 1.165) is 58.9 Å². The fourth-order valence-electron chi connectivity index (χ4n) is 2.93. The van der Waals surface area contributed by atoms with Crippen molar-refractivity contribution >= 4 is 0 Å². The summed E-state index contributed by atoms with van der Waals surface area (Å²) in [4.78, 5) is 4.96. The van der Waals surface area contributed by atoms with Crippen molar-refractivity contribution in [3.8, 4) is 6.07 Å². The second-order valence-electron chi connectivity index (χ2n) is 5.52. The van der Waals surface area contributed by atoms with E-state index in [2.05, 4.69) is 21.0 Å². The lowest BCUT2D eigenvalue weighted by Crippen LogP contribution is -2.41. The average Bonchev–Trinajstić information content (AvgIpc) is 3.15. The Bertz CT molecular complexity index is 474. The molecule has 6 nitrogen and oxygen atoms in total. The second kappa shape index (κ2) is 6.35. The zero-order valence-corrected chi connectivity index (χ0v) is 11.7. The molecule has 0 saturated carbocycles. The van der Waals surface area contributed by atoms with Gasteiger partial charge in [-0.2, -0.15) is 10.4 Å². The van der Waals surface area contributed by atoms with Gasteiger partial charge < -0.3 is 4.74 Å². The number of nitrogens with zero attached hydrogens (tertiary/aromatic N) is 5. The van der Waals surface area contributed by atoms with Gasteiger partial charge in [-0.1, -0.05) is 0 Å². The molecule has 0 spiro atoms. The Morgan fingerprint density at radius 3 is 2.80 bits per heavy atom. The van der Waals surface area contributed by atoms with Crippen LogP contribution in [0.5, 0.6) is 0 Å². The molecule has 2 fully saturated rings. The molecule has 1 aromatic rings. The molecule has 0 N–H and O–H groups in total. The standard InChI is InChI=1S/C14H21N5O/c15-9-13-10-16-19(11-13)14-1-2-18(12-14)4-3-17-5-7-20-8-6-17/h10-11,14H,1-8,12H2. The number of hydrogen-bond donors (Lipinski definition) is 0. The minimum Gasteiger partial charge on any atom is -0.379 e. The molecule has 3 heterocycles. The van der Waals surface area contributed by atoms with Crippen molar-refractivity contribution in [2.75, 3.05) is 52.5 Å². The Hall–Kier alpha value is -1.42. The molecule has 0 aromatic carbocycles. The fourth-order valence-corrected chi connectivity index (χ4v) is 2.93. The minimum absolute atomic E-state index is 0.418. The van der Waals surface area contributed by atoms with Crippen molar-refractivity contribution in [2.45, 2.75) is 12.5 Å². The van der Waals surface area contributed by atoms with Crippen LogP contribution in [0.2, 0.25) is 0 Å². The van der Waals surface area contributed by atoms with Crippen LogP contribution in [0, 0.1) is 11.3 Å². The third kappa shape index (κ3) is 3.18. The topological polar surface area (TPSA) is 57.3 Å². The molecule has 0 aliphatic carbocycles. The fraction of sp³-hybridized carbons (Fsp3) is 0.714. The number of hydrogen-bond acceptors (Lipinski definition) is 5. The van der Waals surface area contributed by atoms with Gasteiger partial charge in [-0.3, -0.25) is 14.5 Å². The molecular weight excluding hydrogens is 254 g/mol. The maximum atomic E-state index is 8.84. The lowest BCUT2D eigenvalue weighted by atomic mass is 10.3. The molecule has 0 radical (unpaired) electrons. The van der Waals surface area contributed by atoms with Crippen LogP contribution in [0.25, 0.3) is 0 Å². The Morgan fingerprint density at radius 1 is 1.25 bits per heavy atom. The molecule has 2 aliphatic rings. The average molecular weight is 275 g/mol. The molecule has 2 saturated heterocycles. The minimum atomic E-state index is 0.418. The van der Waals surface area contributed by atoms with Crippen LogP contribution in [-0.4, -0.2) is 72.1 Å². The Kier molecular flexibility index (Phi) is 4.31. The summed E-state index contributed by atoms with van der Waals surface area (Å²) in [5.41, 5.74) is 0.650. The molecule has 1 aromatic heterocycles. The zero-order valence-electron chi connectivity index (χ0n) is 11.7. The van der Waals surface area contributed by atoms with Crippen LogP contribution >= 0.6 is 0 Å². The van der Waals surface area contributed by atoms with Crippen molar-refractivity contribution in [1.29, 1.82) is 5.26 Å². The number of rotatable bonds is 4. The van der Waals surface area contributed by atoms with E-state index in [1.165, 1.54) is 0 Å². The predicted molar refractivity (Wildman–Crippen MR) is 74.3 cm³/mol. The SMILES string of the molecule is N#Cc1cnn(C2CCN(CCN3CCOCC3)C2)c1. The molecule has 2 aliphatic heterocycles. The number of nitriles is 1. The number of aromatic nitrogens is 2. The molecule has 0 amide bonds. The Morgan fingerprint density at radius 2 is 2.05 bits per heavy atom. The maximum Gasteiger partial charge on any atom is 0.102 e. The van der Waals surface area contributed by atoms with Gasteiger partial charge in [0, 0.05) is 45.5 Å². The van der Waals surface area contributed by atoms with Gasteiger partial charge in [0.05, 0.1) is 31.0 Å². The highest BCUT2D eigenvalue weighted by molar-refractivity contribution is 5.22. The molecule has 3 rings (SSSR count). The Balaban J connectivity index is 1.45. The van der Waals surface area contributed by atoms with Crippen LogP contribution in [0.1, 0.15) is 18.0 Å². The van der Waals surface area contributed by atoms with Crippen LogP contribution in [0.3, 0.4) is 0 Å². The molecule has 20 heavy (non-hydrogen) atoms. The monoisotopic (exact) mass is 275 g/mol. The van der Waals surface area contributed by atoms with Crippen molar-refractivity contribution in [3.05, 3.63) is 18.0 Å². The van der Waals surface area contributed by atoms with Gasteiger partial charge in [-0.15, -0.1) is 0 Å². The first-order chi connectivity index (χ1) is 9.85. The van der Waals surface area contributed by atoms with Crippen LogP contribution in [0.4, 0.5) is 0 Å². The number of ether oxygens (including phenoxy) is 1. The summed E-state index contributed by atoms with van der Waals surface area (Å²) < 4.78 is 7.32. The van der Waals surface area contributed by atoms with Gasteiger partial charge in [0.15, 0.2) is 0 Å². The third-order valence-electron chi connectivity index (χ3n) is 4.19. The first-order valence-corrected chi connectivity index (χ1v) is 7.32. The van der Waals surface area contributed by atoms with E-state index in [9.17, 15) is 0 Å². The lowest BCUT2D eigenvalue weighted by molar-refractivity contribution is 0.0342. The van der Waals surface area contributed by atoms with E-state index in [-0.39, 0.29) is 0 Å². The highest BCUT2D eigenvalue weighted by Gasteiger charge is 2.24. The molecule has 6 heteroatoms. The summed E-state index contributed by atoms with van der Waals surface area (Å²) in [6, 6.07) is 2.55. The largest absolute Gasteiger partial charge is 0.379 e. The van der Waals surface area contributed by atoms with Crippen LogP contribution in [0.15, 0.2) is 12.4 Å². The lowest BCUT2D eigenvalue weighted by Gasteiger charge is -2.28. The van der Waals surface area contributed by atoms with E-state index in [1.54, 1.807) is 6.20 Å². The van der Waals surface area contributed by atoms with Crippen LogP contribution < -0.4 is 0 Å². The van der Waals surface area contributed by atoms with Crippen molar-refractivity contribution in [1.82, 2.24) is 19.6 Å². The normalized spacial score (nSPS) is 24.9. The summed E-state index contributed by atoms with van der Waals surface area (Å²) in [6.45, 7) is 8.25. The second-order valence-corrected chi connectivity index (χ2v) is 5.52. The predicted octanol–water partition coefficient (Wildman–Crippen LogP) is 0.334. The summed E-state index contributed by atoms with van der Waals surface area (Å²) in [7, 11) is 0. The van der Waals surface area contributed by atoms with Crippen molar-refractivity contribution in [2.24, 2.45) is 0 Å². The van der Waals surface area contributed by atoms with E-state index < -0.39 is 0 Å². The van der Waals surface area contributed by atoms with Gasteiger partial charge in [-0.05, 0) is 6.42 Å². The van der Waals surface area contributed by atoms with E-state index >= 15 is 0 Å². The summed E-state index contributed by atoms with van der Waals surface area (Å²) >= 11 is 0. The van der Waals surface area contributed by atoms with E-state index in [1.807, 2.05) is 10.9 Å². The van der Waals surface area contributed by atoms with Crippen molar-refractivity contribution in [3.63, 3.8) is 0 Å². The highest BCUT2D eigenvalue weighted by atomic mass is 16.5. The smallest absolute Gasteiger partial charge is 0.102 e. The van der Waals surface area contributed by atoms with Gasteiger partial charge in [0.25, 0.3) is 0 Å². The van der Waals surface area contributed by atoms with Gasteiger partial charge in [0.2, 0.25) is 0 Å². The first-order valence-electron chi connectivity index (χ1n) is 7.32. The number of morpholine rings is 1. The van der Waals surface area contributed by atoms with Gasteiger partial charge >= 0.3 is 0 Å². The van der Waals surface area contributed by atoms with E-state index in [4.69, 9.17) is 10.00 Å². The molecule has 1 unspecified atom stereocenters. The first kappa shape index (κ1) is 13.6. The summed E-state index contributed by atoms with van der Waals surface area (Å²) in [5, 5.41) is 13.1. The quantitative estimate of drug-likeness (QED) is 0.793.